The average Bonchev–Trinajstić information content (AvgIpc) is 3.00. The van der Waals surface area contributed by atoms with Crippen LogP contribution in [0.2, 0.25) is 0 Å². The summed E-state index contributed by atoms with van der Waals surface area (Å²) in [5.74, 6) is 0.731. The van der Waals surface area contributed by atoms with Crippen LogP contribution in [0.5, 0.6) is 5.75 Å². The molecule has 0 saturated heterocycles. The standard InChI is InChI=1S/C21H24O2/c1-2-20(17-10-13-19(23)14-17)21(15-6-4-3-5-7-15)16-8-11-18(22)12-9-16/h3-9,11-12,17,19,22-23H,2,10,13-14H2,1H3. The van der Waals surface area contributed by atoms with Crippen molar-refractivity contribution in [2.24, 2.45) is 5.92 Å². The van der Waals surface area contributed by atoms with E-state index in [0.29, 0.717) is 5.92 Å². The first-order valence-corrected chi connectivity index (χ1v) is 8.45. The second-order valence-corrected chi connectivity index (χ2v) is 6.33. The van der Waals surface area contributed by atoms with Gasteiger partial charge in [0.05, 0.1) is 6.10 Å². The number of hydrogen-bond donors (Lipinski definition) is 2. The van der Waals surface area contributed by atoms with Crippen molar-refractivity contribution in [2.75, 3.05) is 0 Å². The van der Waals surface area contributed by atoms with E-state index in [4.69, 9.17) is 0 Å². The van der Waals surface area contributed by atoms with Crippen LogP contribution in [0.4, 0.5) is 0 Å². The van der Waals surface area contributed by atoms with Crippen LogP contribution in [-0.4, -0.2) is 16.3 Å². The Morgan fingerprint density at radius 3 is 2.17 bits per heavy atom. The molecular formula is C21H24O2. The van der Waals surface area contributed by atoms with E-state index in [-0.39, 0.29) is 11.9 Å². The Bertz CT molecular complexity index is 671. The zero-order valence-electron chi connectivity index (χ0n) is 13.6. The molecule has 0 radical (unpaired) electrons. The molecule has 0 bridgehead atoms. The van der Waals surface area contributed by atoms with Crippen molar-refractivity contribution in [1.29, 1.82) is 0 Å². The summed E-state index contributed by atoms with van der Waals surface area (Å²) in [6, 6.07) is 17.9. The lowest BCUT2D eigenvalue weighted by molar-refractivity contribution is 0.179. The molecule has 2 atom stereocenters. The fourth-order valence-corrected chi connectivity index (χ4v) is 3.71. The summed E-state index contributed by atoms with van der Waals surface area (Å²) in [6.45, 7) is 2.20. The van der Waals surface area contributed by atoms with Gasteiger partial charge in [0, 0.05) is 0 Å². The van der Waals surface area contributed by atoms with Crippen LogP contribution >= 0.6 is 0 Å². The summed E-state index contributed by atoms with van der Waals surface area (Å²) in [5.41, 5.74) is 5.01. The molecule has 1 aliphatic rings. The third-order valence-corrected chi connectivity index (χ3v) is 4.82. The molecule has 2 unspecified atom stereocenters. The van der Waals surface area contributed by atoms with Crippen molar-refractivity contribution in [3.05, 3.63) is 71.3 Å². The second-order valence-electron chi connectivity index (χ2n) is 6.33. The number of hydrogen-bond acceptors (Lipinski definition) is 2. The fourth-order valence-electron chi connectivity index (χ4n) is 3.71. The van der Waals surface area contributed by atoms with Crippen LogP contribution < -0.4 is 0 Å². The number of phenols is 1. The number of aromatic hydroxyl groups is 1. The molecule has 0 aliphatic heterocycles. The molecule has 120 valence electrons. The zero-order chi connectivity index (χ0) is 16.2. The Hall–Kier alpha value is -2.06. The molecule has 2 aromatic carbocycles. The van der Waals surface area contributed by atoms with E-state index < -0.39 is 0 Å². The summed E-state index contributed by atoms with van der Waals surface area (Å²) < 4.78 is 0. The van der Waals surface area contributed by atoms with Gasteiger partial charge in [0.1, 0.15) is 5.75 Å². The van der Waals surface area contributed by atoms with E-state index in [0.717, 1.165) is 31.2 Å². The average molecular weight is 308 g/mol. The van der Waals surface area contributed by atoms with Crippen LogP contribution in [0, 0.1) is 5.92 Å². The maximum Gasteiger partial charge on any atom is 0.115 e. The maximum atomic E-state index is 9.95. The van der Waals surface area contributed by atoms with Crippen LogP contribution in [0.1, 0.15) is 43.7 Å². The van der Waals surface area contributed by atoms with Crippen molar-refractivity contribution in [3.8, 4) is 5.75 Å². The highest BCUT2D eigenvalue weighted by molar-refractivity contribution is 5.82. The van der Waals surface area contributed by atoms with Gasteiger partial charge in [-0.25, -0.2) is 0 Å². The minimum absolute atomic E-state index is 0.168. The van der Waals surface area contributed by atoms with Crippen LogP contribution in [0.25, 0.3) is 5.57 Å². The second kappa shape index (κ2) is 7.01. The lowest BCUT2D eigenvalue weighted by Crippen LogP contribution is -2.06. The van der Waals surface area contributed by atoms with E-state index in [1.54, 1.807) is 12.1 Å². The van der Waals surface area contributed by atoms with Gasteiger partial charge in [-0.3, -0.25) is 0 Å². The van der Waals surface area contributed by atoms with Crippen molar-refractivity contribution >= 4 is 5.57 Å². The monoisotopic (exact) mass is 308 g/mol. The van der Waals surface area contributed by atoms with Gasteiger partial charge in [0.2, 0.25) is 0 Å². The first kappa shape index (κ1) is 15.8. The molecule has 0 spiro atoms. The largest absolute Gasteiger partial charge is 0.508 e. The molecule has 2 aromatic rings. The van der Waals surface area contributed by atoms with Crippen LogP contribution in [0.3, 0.4) is 0 Å². The topological polar surface area (TPSA) is 40.5 Å². The molecule has 1 saturated carbocycles. The van der Waals surface area contributed by atoms with Crippen LogP contribution in [0.15, 0.2) is 60.2 Å². The van der Waals surface area contributed by atoms with Gasteiger partial charge in [-0.2, -0.15) is 0 Å². The number of phenolic OH excluding ortho intramolecular Hbond substituents is 1. The molecule has 0 heterocycles. The SMILES string of the molecule is CCC(=C(c1ccccc1)c1ccc(O)cc1)C1CCC(O)C1. The Morgan fingerprint density at radius 1 is 0.957 bits per heavy atom. The van der Waals surface area contributed by atoms with Crippen molar-refractivity contribution in [1.82, 2.24) is 0 Å². The fraction of sp³-hybridized carbons (Fsp3) is 0.333. The van der Waals surface area contributed by atoms with E-state index in [2.05, 4.69) is 31.2 Å². The number of aliphatic hydroxyl groups is 1. The number of allylic oxidation sites excluding steroid dienone is 1. The molecule has 1 aliphatic carbocycles. The zero-order valence-corrected chi connectivity index (χ0v) is 13.6. The third-order valence-electron chi connectivity index (χ3n) is 4.82. The summed E-state index contributed by atoms with van der Waals surface area (Å²) in [4.78, 5) is 0. The molecule has 0 aromatic heterocycles. The predicted octanol–water partition coefficient (Wildman–Crippen LogP) is 4.77. The normalized spacial score (nSPS) is 22.0. The number of benzene rings is 2. The van der Waals surface area contributed by atoms with Gasteiger partial charge < -0.3 is 10.2 Å². The molecule has 3 rings (SSSR count). The number of aliphatic hydroxyl groups excluding tert-OH is 1. The Kier molecular flexibility index (Phi) is 4.82. The van der Waals surface area contributed by atoms with Gasteiger partial charge >= 0.3 is 0 Å². The lowest BCUT2D eigenvalue weighted by atomic mass is 9.84. The summed E-state index contributed by atoms with van der Waals surface area (Å²) in [5, 5.41) is 19.5. The molecule has 0 amide bonds. The first-order valence-electron chi connectivity index (χ1n) is 8.45. The van der Waals surface area contributed by atoms with Gasteiger partial charge in [0.15, 0.2) is 0 Å². The van der Waals surface area contributed by atoms with E-state index in [1.165, 1.54) is 16.7 Å². The highest BCUT2D eigenvalue weighted by Crippen LogP contribution is 2.39. The first-order chi connectivity index (χ1) is 11.2. The Morgan fingerprint density at radius 2 is 1.61 bits per heavy atom. The Balaban J connectivity index is 2.13. The molecule has 2 nitrogen and oxygen atoms in total. The molecule has 2 heteroatoms. The Labute approximate surface area is 138 Å². The van der Waals surface area contributed by atoms with Crippen molar-refractivity contribution < 1.29 is 10.2 Å². The third kappa shape index (κ3) is 3.48. The summed E-state index contributed by atoms with van der Waals surface area (Å²) in [6.07, 6.45) is 3.61. The highest BCUT2D eigenvalue weighted by atomic mass is 16.3. The molecule has 2 N–H and O–H groups in total. The minimum Gasteiger partial charge on any atom is -0.508 e. The molecule has 1 fully saturated rings. The maximum absolute atomic E-state index is 9.95. The van der Waals surface area contributed by atoms with Gasteiger partial charge in [0.25, 0.3) is 0 Å². The van der Waals surface area contributed by atoms with Crippen LogP contribution in [-0.2, 0) is 0 Å². The van der Waals surface area contributed by atoms with E-state index in [9.17, 15) is 10.2 Å². The van der Waals surface area contributed by atoms with E-state index >= 15 is 0 Å². The summed E-state index contributed by atoms with van der Waals surface area (Å²) in [7, 11) is 0. The quantitative estimate of drug-likeness (QED) is 0.854. The van der Waals surface area contributed by atoms with Crippen molar-refractivity contribution in [3.63, 3.8) is 0 Å². The lowest BCUT2D eigenvalue weighted by Gasteiger charge is -2.21. The summed E-state index contributed by atoms with van der Waals surface area (Å²) >= 11 is 0. The van der Waals surface area contributed by atoms with Gasteiger partial charge in [-0.15, -0.1) is 0 Å². The van der Waals surface area contributed by atoms with Gasteiger partial charge in [-0.1, -0.05) is 55.0 Å². The molecule has 23 heavy (non-hydrogen) atoms. The molecular weight excluding hydrogens is 284 g/mol. The van der Waals surface area contributed by atoms with Gasteiger partial charge in [-0.05, 0) is 60.4 Å². The van der Waals surface area contributed by atoms with E-state index in [1.807, 2.05) is 18.2 Å². The minimum atomic E-state index is -0.168. The van der Waals surface area contributed by atoms with Crippen molar-refractivity contribution in [2.45, 2.75) is 38.7 Å². The predicted molar refractivity (Wildman–Crippen MR) is 94.2 cm³/mol. The highest BCUT2D eigenvalue weighted by Gasteiger charge is 2.27. The number of rotatable bonds is 4. The smallest absolute Gasteiger partial charge is 0.115 e.